The molecule has 0 bridgehead atoms. The highest BCUT2D eigenvalue weighted by Crippen LogP contribution is 2.26. The van der Waals surface area contributed by atoms with Crippen LogP contribution in [0.3, 0.4) is 0 Å². The predicted octanol–water partition coefficient (Wildman–Crippen LogP) is 2.86. The minimum atomic E-state index is -3.50. The molecule has 1 aromatic heterocycles. The van der Waals surface area contributed by atoms with Gasteiger partial charge in [0.1, 0.15) is 5.82 Å². The summed E-state index contributed by atoms with van der Waals surface area (Å²) in [5, 5.41) is 0. The third-order valence-electron chi connectivity index (χ3n) is 4.74. The summed E-state index contributed by atoms with van der Waals surface area (Å²) in [4.78, 5) is 4.96. The van der Waals surface area contributed by atoms with Crippen molar-refractivity contribution < 1.29 is 8.42 Å². The zero-order chi connectivity index (χ0) is 16.9. The molecule has 124 valence electrons. The summed E-state index contributed by atoms with van der Waals surface area (Å²) in [6.07, 6.45) is 0. The van der Waals surface area contributed by atoms with E-state index in [9.17, 15) is 8.42 Å². The highest BCUT2D eigenvalue weighted by Gasteiger charge is 2.30. The zero-order valence-corrected chi connectivity index (χ0v) is 14.5. The Morgan fingerprint density at radius 2 is 1.79 bits per heavy atom. The molecule has 24 heavy (non-hydrogen) atoms. The van der Waals surface area contributed by atoms with Crippen LogP contribution in [0.15, 0.2) is 47.4 Å². The van der Waals surface area contributed by atoms with Gasteiger partial charge in [0, 0.05) is 13.1 Å². The van der Waals surface area contributed by atoms with Gasteiger partial charge in [0.25, 0.3) is 0 Å². The predicted molar refractivity (Wildman–Crippen MR) is 93.2 cm³/mol. The van der Waals surface area contributed by atoms with Crippen LogP contribution in [0.5, 0.6) is 0 Å². The normalized spacial score (nSPS) is 15.6. The maximum Gasteiger partial charge on any atom is 0.243 e. The SMILES string of the molecule is Cc1ccc(S(=O)(=O)N2CCn3c(nc4ccccc43)C2)cc1C. The van der Waals surface area contributed by atoms with Crippen LogP contribution >= 0.6 is 0 Å². The fourth-order valence-electron chi connectivity index (χ4n) is 3.17. The molecule has 6 heteroatoms. The molecule has 3 aromatic rings. The van der Waals surface area contributed by atoms with E-state index in [-0.39, 0.29) is 0 Å². The number of nitrogens with zero attached hydrogens (tertiary/aromatic N) is 3. The maximum absolute atomic E-state index is 13.0. The molecule has 1 aliphatic heterocycles. The molecule has 0 radical (unpaired) electrons. The molecule has 0 atom stereocenters. The number of imidazole rings is 1. The maximum atomic E-state index is 13.0. The van der Waals surface area contributed by atoms with Crippen molar-refractivity contribution in [2.45, 2.75) is 31.8 Å². The van der Waals surface area contributed by atoms with Gasteiger partial charge < -0.3 is 4.57 Å². The summed E-state index contributed by atoms with van der Waals surface area (Å²) in [6, 6.07) is 13.2. The van der Waals surface area contributed by atoms with Crippen molar-refractivity contribution in [3.8, 4) is 0 Å². The van der Waals surface area contributed by atoms with Crippen molar-refractivity contribution in [1.29, 1.82) is 0 Å². The number of para-hydroxylation sites is 2. The summed E-state index contributed by atoms with van der Waals surface area (Å²) < 4.78 is 29.6. The minimum absolute atomic E-state index is 0.309. The van der Waals surface area contributed by atoms with Gasteiger partial charge in [-0.15, -0.1) is 0 Å². The Morgan fingerprint density at radius 1 is 1.00 bits per heavy atom. The quantitative estimate of drug-likeness (QED) is 0.720. The van der Waals surface area contributed by atoms with Crippen molar-refractivity contribution in [1.82, 2.24) is 13.9 Å². The molecule has 0 amide bonds. The molecular weight excluding hydrogens is 322 g/mol. The smallest absolute Gasteiger partial charge is 0.243 e. The van der Waals surface area contributed by atoms with Gasteiger partial charge in [0.05, 0.1) is 22.5 Å². The summed E-state index contributed by atoms with van der Waals surface area (Å²) in [5.74, 6) is 0.801. The van der Waals surface area contributed by atoms with E-state index in [1.165, 1.54) is 4.31 Å². The number of hydrogen-bond acceptors (Lipinski definition) is 3. The molecule has 4 rings (SSSR count). The van der Waals surface area contributed by atoms with Crippen molar-refractivity contribution >= 4 is 21.1 Å². The second kappa shape index (κ2) is 5.43. The first kappa shape index (κ1) is 15.4. The molecule has 5 nitrogen and oxygen atoms in total. The third kappa shape index (κ3) is 2.34. The standard InChI is InChI=1S/C18H19N3O2S/c1-13-7-8-15(11-14(13)2)24(22,23)20-9-10-21-17-6-4-3-5-16(17)19-18(21)12-20/h3-8,11H,9-10,12H2,1-2H3. The van der Waals surface area contributed by atoms with Gasteiger partial charge in [-0.05, 0) is 49.2 Å². The lowest BCUT2D eigenvalue weighted by atomic mass is 10.1. The van der Waals surface area contributed by atoms with Crippen molar-refractivity contribution in [3.63, 3.8) is 0 Å². The van der Waals surface area contributed by atoms with E-state index in [1.807, 2.05) is 44.2 Å². The molecule has 0 saturated heterocycles. The average molecular weight is 341 g/mol. The van der Waals surface area contributed by atoms with Gasteiger partial charge in [-0.3, -0.25) is 0 Å². The van der Waals surface area contributed by atoms with E-state index >= 15 is 0 Å². The summed E-state index contributed by atoms with van der Waals surface area (Å²) >= 11 is 0. The lowest BCUT2D eigenvalue weighted by Gasteiger charge is -2.27. The number of aryl methyl sites for hydroxylation is 2. The first-order valence-corrected chi connectivity index (χ1v) is 9.42. The van der Waals surface area contributed by atoms with Crippen LogP contribution in [0.25, 0.3) is 11.0 Å². The van der Waals surface area contributed by atoms with Gasteiger partial charge in [0.2, 0.25) is 10.0 Å². The van der Waals surface area contributed by atoms with Crippen molar-refractivity contribution in [2.24, 2.45) is 0 Å². The number of hydrogen-bond donors (Lipinski definition) is 0. The summed E-state index contributed by atoms with van der Waals surface area (Å²) in [6.45, 7) is 5.31. The lowest BCUT2D eigenvalue weighted by molar-refractivity contribution is 0.339. The number of fused-ring (bicyclic) bond motifs is 3. The van der Waals surface area contributed by atoms with E-state index in [0.29, 0.717) is 24.5 Å². The molecular formula is C18H19N3O2S. The highest BCUT2D eigenvalue weighted by atomic mass is 32.2. The van der Waals surface area contributed by atoms with Crippen LogP contribution in [-0.2, 0) is 23.1 Å². The van der Waals surface area contributed by atoms with Gasteiger partial charge in [0.15, 0.2) is 0 Å². The van der Waals surface area contributed by atoms with E-state index in [2.05, 4.69) is 9.55 Å². The highest BCUT2D eigenvalue weighted by molar-refractivity contribution is 7.89. The second-order valence-electron chi connectivity index (χ2n) is 6.25. The number of rotatable bonds is 2. The molecule has 2 heterocycles. The Balaban J connectivity index is 1.72. The molecule has 0 saturated carbocycles. The van der Waals surface area contributed by atoms with Crippen molar-refractivity contribution in [3.05, 3.63) is 59.4 Å². The first-order chi connectivity index (χ1) is 11.5. The van der Waals surface area contributed by atoms with Gasteiger partial charge >= 0.3 is 0 Å². The van der Waals surface area contributed by atoms with Gasteiger partial charge in [-0.1, -0.05) is 18.2 Å². The van der Waals surface area contributed by atoms with E-state index < -0.39 is 10.0 Å². The Bertz CT molecular complexity index is 1040. The minimum Gasteiger partial charge on any atom is -0.326 e. The van der Waals surface area contributed by atoms with E-state index in [1.54, 1.807) is 12.1 Å². The van der Waals surface area contributed by atoms with E-state index in [4.69, 9.17) is 0 Å². The third-order valence-corrected chi connectivity index (χ3v) is 6.58. The molecule has 0 N–H and O–H groups in total. The Kier molecular flexibility index (Phi) is 3.47. The monoisotopic (exact) mass is 341 g/mol. The fourth-order valence-corrected chi connectivity index (χ4v) is 4.64. The van der Waals surface area contributed by atoms with Crippen LogP contribution in [0, 0.1) is 13.8 Å². The lowest BCUT2D eigenvalue weighted by Crippen LogP contribution is -2.38. The largest absolute Gasteiger partial charge is 0.326 e. The van der Waals surface area contributed by atoms with Gasteiger partial charge in [-0.2, -0.15) is 4.31 Å². The molecule has 0 aliphatic carbocycles. The Hall–Kier alpha value is -2.18. The topological polar surface area (TPSA) is 55.2 Å². The van der Waals surface area contributed by atoms with Crippen LogP contribution in [0.2, 0.25) is 0 Å². The van der Waals surface area contributed by atoms with Crippen LogP contribution in [0.4, 0.5) is 0 Å². The zero-order valence-electron chi connectivity index (χ0n) is 13.7. The summed E-state index contributed by atoms with van der Waals surface area (Å²) in [7, 11) is -3.50. The summed E-state index contributed by atoms with van der Waals surface area (Å²) in [5.41, 5.74) is 4.06. The van der Waals surface area contributed by atoms with E-state index in [0.717, 1.165) is 28.0 Å². The molecule has 0 spiro atoms. The molecule has 2 aromatic carbocycles. The molecule has 0 fully saturated rings. The average Bonchev–Trinajstić information content (AvgIpc) is 2.95. The van der Waals surface area contributed by atoms with Crippen molar-refractivity contribution in [2.75, 3.05) is 6.54 Å². The first-order valence-electron chi connectivity index (χ1n) is 7.98. The number of benzene rings is 2. The molecule has 0 unspecified atom stereocenters. The van der Waals surface area contributed by atoms with Gasteiger partial charge in [-0.25, -0.2) is 13.4 Å². The Morgan fingerprint density at radius 3 is 2.58 bits per heavy atom. The van der Waals surface area contributed by atoms with Crippen LogP contribution in [-0.4, -0.2) is 28.8 Å². The van der Waals surface area contributed by atoms with Crippen LogP contribution < -0.4 is 0 Å². The Labute approximate surface area is 141 Å². The molecule has 1 aliphatic rings. The van der Waals surface area contributed by atoms with Crippen LogP contribution in [0.1, 0.15) is 17.0 Å². The second-order valence-corrected chi connectivity index (χ2v) is 8.19. The number of sulfonamides is 1. The number of aromatic nitrogens is 2. The fraction of sp³-hybridized carbons (Fsp3) is 0.278.